The van der Waals surface area contributed by atoms with Crippen LogP contribution in [0.2, 0.25) is 5.02 Å². The Bertz CT molecular complexity index is 540. The van der Waals surface area contributed by atoms with Gasteiger partial charge in [0.1, 0.15) is 5.82 Å². The van der Waals surface area contributed by atoms with Crippen LogP contribution in [0.3, 0.4) is 0 Å². The number of pyridine rings is 1. The summed E-state index contributed by atoms with van der Waals surface area (Å²) < 4.78 is 12.8. The van der Waals surface area contributed by atoms with E-state index < -0.39 is 0 Å². The predicted molar refractivity (Wildman–Crippen MR) is 72.4 cm³/mol. The Morgan fingerprint density at radius 2 is 2.06 bits per heavy atom. The molecule has 2 rings (SSSR count). The van der Waals surface area contributed by atoms with Gasteiger partial charge in [-0.3, -0.25) is 4.98 Å². The van der Waals surface area contributed by atoms with Gasteiger partial charge in [0, 0.05) is 10.7 Å². The number of hydrogen-bond donors (Lipinski definition) is 1. The van der Waals surface area contributed by atoms with Crippen LogP contribution in [-0.4, -0.2) is 4.98 Å². The van der Waals surface area contributed by atoms with E-state index in [1.165, 1.54) is 12.3 Å². The van der Waals surface area contributed by atoms with Crippen LogP contribution >= 0.6 is 11.6 Å². The lowest BCUT2D eigenvalue weighted by Gasteiger charge is -2.16. The zero-order chi connectivity index (χ0) is 13.1. The van der Waals surface area contributed by atoms with Gasteiger partial charge >= 0.3 is 0 Å². The number of nitrogens with one attached hydrogen (secondary N) is 1. The minimum absolute atomic E-state index is 0.00507. The molecule has 0 amide bonds. The minimum Gasteiger partial charge on any atom is -0.377 e. The van der Waals surface area contributed by atoms with Crippen LogP contribution < -0.4 is 5.32 Å². The average Bonchev–Trinajstić information content (AvgIpc) is 2.33. The van der Waals surface area contributed by atoms with Crippen molar-refractivity contribution < 1.29 is 4.39 Å². The average molecular weight is 265 g/mol. The molecule has 1 unspecified atom stereocenters. The van der Waals surface area contributed by atoms with Crippen molar-refractivity contribution in [2.24, 2.45) is 0 Å². The van der Waals surface area contributed by atoms with Crippen LogP contribution in [0.1, 0.15) is 24.2 Å². The molecular weight excluding hydrogens is 251 g/mol. The first-order valence-electron chi connectivity index (χ1n) is 5.70. The first kappa shape index (κ1) is 12.8. The molecule has 0 fully saturated rings. The van der Waals surface area contributed by atoms with Gasteiger partial charge < -0.3 is 5.32 Å². The van der Waals surface area contributed by atoms with Crippen LogP contribution in [0.15, 0.2) is 36.5 Å². The Kier molecular flexibility index (Phi) is 3.82. The monoisotopic (exact) mass is 264 g/mol. The molecule has 1 aromatic carbocycles. The van der Waals surface area contributed by atoms with Crippen molar-refractivity contribution in [3.05, 3.63) is 58.6 Å². The second-order valence-electron chi connectivity index (χ2n) is 4.23. The zero-order valence-electron chi connectivity index (χ0n) is 10.2. The maximum Gasteiger partial charge on any atom is 0.141 e. The summed E-state index contributed by atoms with van der Waals surface area (Å²) in [7, 11) is 0. The van der Waals surface area contributed by atoms with Gasteiger partial charge in [0.25, 0.3) is 0 Å². The van der Waals surface area contributed by atoms with Crippen molar-refractivity contribution in [2.75, 3.05) is 5.32 Å². The predicted octanol–water partition coefficient (Wildman–Crippen LogP) is 4.36. The lowest BCUT2D eigenvalue weighted by atomic mass is 10.1. The van der Waals surface area contributed by atoms with E-state index in [2.05, 4.69) is 10.3 Å². The maximum atomic E-state index is 12.8. The third-order valence-electron chi connectivity index (χ3n) is 2.75. The smallest absolute Gasteiger partial charge is 0.141 e. The highest BCUT2D eigenvalue weighted by Gasteiger charge is 2.08. The minimum atomic E-state index is -0.325. The summed E-state index contributed by atoms with van der Waals surface area (Å²) in [4.78, 5) is 4.06. The highest BCUT2D eigenvalue weighted by Crippen LogP contribution is 2.23. The number of benzene rings is 1. The Labute approximate surface area is 111 Å². The number of aromatic nitrogens is 1. The van der Waals surface area contributed by atoms with Crippen molar-refractivity contribution in [1.82, 2.24) is 4.98 Å². The van der Waals surface area contributed by atoms with E-state index >= 15 is 0 Å². The highest BCUT2D eigenvalue weighted by molar-refractivity contribution is 6.30. The molecule has 1 heterocycles. The van der Waals surface area contributed by atoms with Crippen LogP contribution in [0.4, 0.5) is 10.1 Å². The van der Waals surface area contributed by atoms with Crippen molar-refractivity contribution in [3.63, 3.8) is 0 Å². The largest absolute Gasteiger partial charge is 0.377 e. The van der Waals surface area contributed by atoms with Crippen molar-refractivity contribution >= 4 is 17.3 Å². The summed E-state index contributed by atoms with van der Waals surface area (Å²) in [5.74, 6) is -0.325. The fraction of sp³-hybridized carbons (Fsp3) is 0.214. The number of halogens is 2. The van der Waals surface area contributed by atoms with Crippen LogP contribution in [-0.2, 0) is 0 Å². The van der Waals surface area contributed by atoms with Gasteiger partial charge in [-0.2, -0.15) is 0 Å². The van der Waals surface area contributed by atoms with E-state index in [-0.39, 0.29) is 11.9 Å². The van der Waals surface area contributed by atoms with Gasteiger partial charge in [-0.1, -0.05) is 11.6 Å². The van der Waals surface area contributed by atoms with Gasteiger partial charge in [0.15, 0.2) is 0 Å². The summed E-state index contributed by atoms with van der Waals surface area (Å²) in [5, 5.41) is 4.04. The van der Waals surface area contributed by atoms with Crippen molar-refractivity contribution in [2.45, 2.75) is 19.9 Å². The topological polar surface area (TPSA) is 24.9 Å². The van der Waals surface area contributed by atoms with Gasteiger partial charge in [0.2, 0.25) is 0 Å². The third kappa shape index (κ3) is 2.99. The molecule has 0 aliphatic heterocycles. The quantitative estimate of drug-likeness (QED) is 0.891. The van der Waals surface area contributed by atoms with Gasteiger partial charge in [-0.05, 0) is 49.7 Å². The molecule has 1 atom stereocenters. The Balaban J connectivity index is 2.15. The maximum absolute atomic E-state index is 12.8. The first-order valence-corrected chi connectivity index (χ1v) is 6.08. The van der Waals surface area contributed by atoms with Gasteiger partial charge in [-0.15, -0.1) is 0 Å². The summed E-state index contributed by atoms with van der Waals surface area (Å²) in [5.41, 5.74) is 2.86. The fourth-order valence-electron chi connectivity index (χ4n) is 1.74. The molecule has 18 heavy (non-hydrogen) atoms. The lowest BCUT2D eigenvalue weighted by Crippen LogP contribution is -2.09. The SMILES string of the molecule is Cc1cc(Cl)ccc1NC(C)c1ccc(F)cn1. The number of hydrogen-bond acceptors (Lipinski definition) is 2. The summed E-state index contributed by atoms with van der Waals surface area (Å²) in [6.07, 6.45) is 1.22. The molecular formula is C14H14ClFN2. The third-order valence-corrected chi connectivity index (χ3v) is 2.99. The molecule has 2 nitrogen and oxygen atoms in total. The molecule has 2 aromatic rings. The van der Waals surface area contributed by atoms with Gasteiger partial charge in [-0.25, -0.2) is 4.39 Å². The molecule has 94 valence electrons. The molecule has 0 saturated carbocycles. The van der Waals surface area contributed by atoms with Crippen molar-refractivity contribution in [3.8, 4) is 0 Å². The fourth-order valence-corrected chi connectivity index (χ4v) is 1.97. The Morgan fingerprint density at radius 3 is 2.67 bits per heavy atom. The number of nitrogens with zero attached hydrogens (tertiary/aromatic N) is 1. The van der Waals surface area contributed by atoms with E-state index in [0.29, 0.717) is 5.02 Å². The van der Waals surface area contributed by atoms with Crippen LogP contribution in [0, 0.1) is 12.7 Å². The summed E-state index contributed by atoms with van der Waals surface area (Å²) in [6, 6.07) is 8.76. The van der Waals surface area contributed by atoms with E-state index in [1.54, 1.807) is 6.07 Å². The second-order valence-corrected chi connectivity index (χ2v) is 4.66. The molecule has 0 spiro atoms. The van der Waals surface area contributed by atoms with Crippen LogP contribution in [0.5, 0.6) is 0 Å². The van der Waals surface area contributed by atoms with E-state index in [4.69, 9.17) is 11.6 Å². The van der Waals surface area contributed by atoms with Gasteiger partial charge in [0.05, 0.1) is 17.9 Å². The molecule has 0 aliphatic rings. The van der Waals surface area contributed by atoms with E-state index in [9.17, 15) is 4.39 Å². The normalized spacial score (nSPS) is 12.2. The number of anilines is 1. The number of rotatable bonds is 3. The summed E-state index contributed by atoms with van der Waals surface area (Å²) >= 11 is 5.91. The Hall–Kier alpha value is -1.61. The van der Waals surface area contributed by atoms with E-state index in [0.717, 1.165) is 16.9 Å². The second kappa shape index (κ2) is 5.36. The molecule has 4 heteroatoms. The number of aryl methyl sites for hydroxylation is 1. The molecule has 0 bridgehead atoms. The molecule has 0 radical (unpaired) electrons. The van der Waals surface area contributed by atoms with Crippen LogP contribution in [0.25, 0.3) is 0 Å². The van der Waals surface area contributed by atoms with Crippen molar-refractivity contribution in [1.29, 1.82) is 0 Å². The lowest BCUT2D eigenvalue weighted by molar-refractivity contribution is 0.617. The molecule has 1 N–H and O–H groups in total. The Morgan fingerprint density at radius 1 is 1.28 bits per heavy atom. The summed E-state index contributed by atoms with van der Waals surface area (Å²) in [6.45, 7) is 3.97. The highest BCUT2D eigenvalue weighted by atomic mass is 35.5. The first-order chi connectivity index (χ1) is 8.56. The zero-order valence-corrected chi connectivity index (χ0v) is 11.0. The molecule has 0 saturated heterocycles. The molecule has 1 aromatic heterocycles. The molecule has 0 aliphatic carbocycles. The standard InChI is InChI=1S/C14H14ClFN2/c1-9-7-11(15)3-5-13(9)18-10(2)14-6-4-12(16)8-17-14/h3-8,10,18H,1-2H3. The van der Waals surface area contributed by atoms with E-state index in [1.807, 2.05) is 32.0 Å².